The molecule has 0 saturated heterocycles. The minimum absolute atomic E-state index is 0.865. The lowest BCUT2D eigenvalue weighted by molar-refractivity contribution is 0.674. The average molecular weight is 501 g/mol. The third kappa shape index (κ3) is 3.44. The smallest absolute Gasteiger partial charge is 0.158 e. The summed E-state index contributed by atoms with van der Waals surface area (Å²) in [6.45, 7) is 0. The van der Waals surface area contributed by atoms with Gasteiger partial charge in [0.1, 0.15) is 5.58 Å². The van der Waals surface area contributed by atoms with Crippen molar-refractivity contribution >= 4 is 55.1 Å². The van der Waals surface area contributed by atoms with Crippen molar-refractivity contribution in [1.82, 2.24) is 4.57 Å². The quantitative estimate of drug-likeness (QED) is 0.260. The first kappa shape index (κ1) is 21.8. The van der Waals surface area contributed by atoms with Crippen molar-refractivity contribution in [2.75, 3.05) is 5.32 Å². The Morgan fingerprint density at radius 3 is 1.95 bits per heavy atom. The highest BCUT2D eigenvalue weighted by Gasteiger charge is 2.19. The summed E-state index contributed by atoms with van der Waals surface area (Å²) in [6, 6.07) is 48.8. The summed E-state index contributed by atoms with van der Waals surface area (Å²) in [4.78, 5) is 0. The molecule has 0 bridgehead atoms. The van der Waals surface area contributed by atoms with Crippen LogP contribution in [0, 0.1) is 0 Å². The lowest BCUT2D eigenvalue weighted by atomic mass is 10.1. The molecule has 2 heterocycles. The van der Waals surface area contributed by atoms with E-state index in [-0.39, 0.29) is 0 Å². The van der Waals surface area contributed by atoms with Crippen LogP contribution in [-0.4, -0.2) is 4.57 Å². The van der Waals surface area contributed by atoms with Crippen molar-refractivity contribution in [1.29, 1.82) is 0 Å². The van der Waals surface area contributed by atoms with Crippen LogP contribution in [0.2, 0.25) is 0 Å². The molecule has 6 aromatic carbocycles. The van der Waals surface area contributed by atoms with Gasteiger partial charge in [-0.15, -0.1) is 0 Å². The highest BCUT2D eigenvalue weighted by molar-refractivity contribution is 6.24. The summed E-state index contributed by atoms with van der Waals surface area (Å²) < 4.78 is 9.07. The standard InChI is InChI=1S/C36H24N2O/c1-3-10-24(11-4-1)25-18-20-26(21-19-25)37-31-16-9-15-28-29-22-23-33-34(36(29)39-35(28)31)30-14-7-8-17-32(30)38(33)27-12-5-2-6-13-27/h1-23,37H. The molecule has 39 heavy (non-hydrogen) atoms. The Morgan fingerprint density at radius 1 is 0.462 bits per heavy atom. The van der Waals surface area contributed by atoms with Gasteiger partial charge in [0.15, 0.2) is 5.58 Å². The van der Waals surface area contributed by atoms with Crippen molar-refractivity contribution in [2.24, 2.45) is 0 Å². The van der Waals surface area contributed by atoms with Gasteiger partial charge in [-0.25, -0.2) is 0 Å². The fourth-order valence-electron chi connectivity index (χ4n) is 5.79. The number of aromatic nitrogens is 1. The Morgan fingerprint density at radius 2 is 1.13 bits per heavy atom. The largest absolute Gasteiger partial charge is 0.453 e. The number of rotatable bonds is 4. The van der Waals surface area contributed by atoms with Crippen LogP contribution in [0.4, 0.5) is 11.4 Å². The van der Waals surface area contributed by atoms with Crippen LogP contribution >= 0.6 is 0 Å². The van der Waals surface area contributed by atoms with Crippen LogP contribution in [0.5, 0.6) is 0 Å². The van der Waals surface area contributed by atoms with Crippen molar-refractivity contribution in [3.63, 3.8) is 0 Å². The van der Waals surface area contributed by atoms with E-state index in [4.69, 9.17) is 4.42 Å². The number of hydrogen-bond acceptors (Lipinski definition) is 2. The van der Waals surface area contributed by atoms with Crippen LogP contribution < -0.4 is 5.32 Å². The lowest BCUT2D eigenvalue weighted by Gasteiger charge is -2.08. The second-order valence-electron chi connectivity index (χ2n) is 9.88. The Labute approximate surface area is 225 Å². The van der Waals surface area contributed by atoms with E-state index in [1.54, 1.807) is 0 Å². The highest BCUT2D eigenvalue weighted by atomic mass is 16.3. The van der Waals surface area contributed by atoms with E-state index < -0.39 is 0 Å². The number of nitrogens with one attached hydrogen (secondary N) is 1. The van der Waals surface area contributed by atoms with Crippen molar-refractivity contribution in [3.8, 4) is 16.8 Å². The Bertz CT molecular complexity index is 2120. The van der Waals surface area contributed by atoms with Crippen LogP contribution in [-0.2, 0) is 0 Å². The van der Waals surface area contributed by atoms with E-state index in [0.717, 1.165) is 49.9 Å². The molecule has 0 aliphatic rings. The molecule has 0 unspecified atom stereocenters. The molecule has 0 saturated carbocycles. The van der Waals surface area contributed by atoms with Crippen LogP contribution in [0.1, 0.15) is 0 Å². The lowest BCUT2D eigenvalue weighted by Crippen LogP contribution is -1.92. The monoisotopic (exact) mass is 500 g/mol. The molecule has 8 rings (SSSR count). The molecular weight excluding hydrogens is 476 g/mol. The SMILES string of the molecule is c1ccc(-c2ccc(Nc3cccc4c3oc3c4ccc4c3c3ccccc3n4-c3ccccc3)cc2)cc1. The van der Waals surface area contributed by atoms with Gasteiger partial charge in [-0.05, 0) is 59.7 Å². The van der Waals surface area contributed by atoms with Crippen molar-refractivity contribution in [2.45, 2.75) is 0 Å². The first-order valence-corrected chi connectivity index (χ1v) is 13.2. The predicted octanol–water partition coefficient (Wildman–Crippen LogP) is 10.1. The van der Waals surface area contributed by atoms with Gasteiger partial charge in [0.05, 0.1) is 22.1 Å². The number of nitrogens with zero attached hydrogens (tertiary/aromatic N) is 1. The van der Waals surface area contributed by atoms with Crippen LogP contribution in [0.25, 0.3) is 60.6 Å². The summed E-state index contributed by atoms with van der Waals surface area (Å²) in [5.74, 6) is 0. The van der Waals surface area contributed by atoms with Gasteiger partial charge in [-0.3, -0.25) is 0 Å². The molecule has 0 aliphatic carbocycles. The molecule has 0 spiro atoms. The number of furan rings is 1. The molecule has 184 valence electrons. The molecule has 0 amide bonds. The average Bonchev–Trinajstić information content (AvgIpc) is 3.55. The van der Waals surface area contributed by atoms with Gasteiger partial charge in [0, 0.05) is 27.5 Å². The molecule has 8 aromatic rings. The predicted molar refractivity (Wildman–Crippen MR) is 163 cm³/mol. The van der Waals surface area contributed by atoms with Gasteiger partial charge < -0.3 is 14.3 Å². The first-order valence-electron chi connectivity index (χ1n) is 13.2. The van der Waals surface area contributed by atoms with E-state index >= 15 is 0 Å². The number of benzene rings is 6. The normalized spacial score (nSPS) is 11.6. The fourth-order valence-corrected chi connectivity index (χ4v) is 5.79. The molecule has 0 atom stereocenters. The van der Waals surface area contributed by atoms with E-state index in [1.807, 2.05) is 6.07 Å². The first-order chi connectivity index (χ1) is 19.3. The molecule has 3 nitrogen and oxygen atoms in total. The third-order valence-corrected chi connectivity index (χ3v) is 7.59. The second kappa shape index (κ2) is 8.64. The minimum Gasteiger partial charge on any atom is -0.453 e. The van der Waals surface area contributed by atoms with Gasteiger partial charge in [-0.1, -0.05) is 91.0 Å². The summed E-state index contributed by atoms with van der Waals surface area (Å²) in [6.07, 6.45) is 0. The molecule has 0 radical (unpaired) electrons. The van der Waals surface area contributed by atoms with Gasteiger partial charge in [-0.2, -0.15) is 0 Å². The Kier molecular flexibility index (Phi) is 4.82. The van der Waals surface area contributed by atoms with E-state index in [9.17, 15) is 0 Å². The zero-order valence-electron chi connectivity index (χ0n) is 21.1. The second-order valence-corrected chi connectivity index (χ2v) is 9.88. The summed E-state index contributed by atoms with van der Waals surface area (Å²) in [5, 5.41) is 8.16. The van der Waals surface area contributed by atoms with Crippen LogP contribution in [0.3, 0.4) is 0 Å². The maximum atomic E-state index is 6.74. The number of para-hydroxylation sites is 3. The molecule has 0 fully saturated rings. The molecule has 2 aromatic heterocycles. The maximum Gasteiger partial charge on any atom is 0.158 e. The molecule has 0 aliphatic heterocycles. The number of fused-ring (bicyclic) bond motifs is 7. The zero-order chi connectivity index (χ0) is 25.8. The fraction of sp³-hybridized carbons (Fsp3) is 0. The van der Waals surface area contributed by atoms with Gasteiger partial charge in [0.25, 0.3) is 0 Å². The summed E-state index contributed by atoms with van der Waals surface area (Å²) in [5.41, 5.74) is 9.61. The minimum atomic E-state index is 0.865. The maximum absolute atomic E-state index is 6.74. The van der Waals surface area contributed by atoms with E-state index in [1.165, 1.54) is 22.0 Å². The zero-order valence-corrected chi connectivity index (χ0v) is 21.1. The third-order valence-electron chi connectivity index (χ3n) is 7.59. The number of hydrogen-bond donors (Lipinski definition) is 1. The summed E-state index contributed by atoms with van der Waals surface area (Å²) in [7, 11) is 0. The molecule has 1 N–H and O–H groups in total. The molecular formula is C36H24N2O. The van der Waals surface area contributed by atoms with Crippen molar-refractivity contribution in [3.05, 3.63) is 140 Å². The van der Waals surface area contributed by atoms with E-state index in [0.29, 0.717) is 0 Å². The van der Waals surface area contributed by atoms with E-state index in [2.05, 4.69) is 143 Å². The van der Waals surface area contributed by atoms with Gasteiger partial charge >= 0.3 is 0 Å². The Hall–Kier alpha value is -5.28. The van der Waals surface area contributed by atoms with Crippen molar-refractivity contribution < 1.29 is 4.42 Å². The number of anilines is 2. The highest BCUT2D eigenvalue weighted by Crippen LogP contribution is 2.42. The van der Waals surface area contributed by atoms with Crippen LogP contribution in [0.15, 0.2) is 144 Å². The Balaban J connectivity index is 1.30. The summed E-state index contributed by atoms with van der Waals surface area (Å²) >= 11 is 0. The van der Waals surface area contributed by atoms with Gasteiger partial charge in [0.2, 0.25) is 0 Å². The topological polar surface area (TPSA) is 30.1 Å². The molecule has 3 heteroatoms.